The van der Waals surface area contributed by atoms with Crippen LogP contribution in [-0.4, -0.2) is 7.11 Å². The molecule has 1 nitrogen and oxygen atoms in total. The lowest BCUT2D eigenvalue weighted by atomic mass is 10.1. The molecule has 0 aliphatic heterocycles. The molecule has 2 aromatic carbocycles. The van der Waals surface area contributed by atoms with Crippen molar-refractivity contribution in [2.45, 2.75) is 6.18 Å². The molecule has 0 saturated heterocycles. The zero-order valence-electron chi connectivity index (χ0n) is 11.1. The smallest absolute Gasteiger partial charge is 0.416 e. The highest BCUT2D eigenvalue weighted by molar-refractivity contribution is 5.77. The first kappa shape index (κ1) is 15.1. The number of ether oxygens (including phenoxy) is 1. The van der Waals surface area contributed by atoms with Crippen LogP contribution in [0.1, 0.15) is 16.7 Å². The standard InChI is InChI=1S/C16H12F4O/c1-21-14-7-5-11(6-8-14)9-15(17)12-3-2-4-13(10-12)16(18,19)20/h2-10H,1H3. The Balaban J connectivity index is 2.30. The van der Waals surface area contributed by atoms with Gasteiger partial charge >= 0.3 is 6.18 Å². The Hall–Kier alpha value is -2.30. The highest BCUT2D eigenvalue weighted by atomic mass is 19.4. The SMILES string of the molecule is COc1ccc(C=C(F)c2cccc(C(F)(F)F)c2)cc1. The summed E-state index contributed by atoms with van der Waals surface area (Å²) in [4.78, 5) is 0. The molecule has 0 aliphatic carbocycles. The summed E-state index contributed by atoms with van der Waals surface area (Å²) in [5.74, 6) is -0.113. The van der Waals surface area contributed by atoms with Gasteiger partial charge in [0.2, 0.25) is 0 Å². The Labute approximate surface area is 119 Å². The summed E-state index contributed by atoms with van der Waals surface area (Å²) in [5.41, 5.74) is -0.454. The molecule has 0 amide bonds. The van der Waals surface area contributed by atoms with Crippen LogP contribution in [0, 0.1) is 0 Å². The molecule has 0 aromatic heterocycles. The monoisotopic (exact) mass is 296 g/mol. The van der Waals surface area contributed by atoms with Gasteiger partial charge in [0.05, 0.1) is 12.7 Å². The molecule has 2 aromatic rings. The lowest BCUT2D eigenvalue weighted by molar-refractivity contribution is -0.137. The number of hydrogen-bond acceptors (Lipinski definition) is 1. The van der Waals surface area contributed by atoms with Crippen LogP contribution >= 0.6 is 0 Å². The van der Waals surface area contributed by atoms with E-state index in [0.717, 1.165) is 12.1 Å². The second kappa shape index (κ2) is 5.99. The molecule has 0 N–H and O–H groups in total. The Bertz CT molecular complexity index is 642. The fourth-order valence-electron chi connectivity index (χ4n) is 1.77. The zero-order chi connectivity index (χ0) is 15.5. The van der Waals surface area contributed by atoms with E-state index in [-0.39, 0.29) is 5.56 Å². The van der Waals surface area contributed by atoms with Crippen LogP contribution in [0.4, 0.5) is 17.6 Å². The lowest BCUT2D eigenvalue weighted by Crippen LogP contribution is -2.04. The summed E-state index contributed by atoms with van der Waals surface area (Å²) < 4.78 is 56.8. The van der Waals surface area contributed by atoms with Gasteiger partial charge in [0, 0.05) is 5.56 Å². The lowest BCUT2D eigenvalue weighted by Gasteiger charge is -2.07. The third-order valence-electron chi connectivity index (χ3n) is 2.87. The zero-order valence-corrected chi connectivity index (χ0v) is 11.1. The fraction of sp³-hybridized carbons (Fsp3) is 0.125. The number of rotatable bonds is 3. The minimum atomic E-state index is -4.49. The molecule has 5 heteroatoms. The first-order chi connectivity index (χ1) is 9.90. The highest BCUT2D eigenvalue weighted by Crippen LogP contribution is 2.31. The van der Waals surface area contributed by atoms with Crippen molar-refractivity contribution in [1.29, 1.82) is 0 Å². The highest BCUT2D eigenvalue weighted by Gasteiger charge is 2.30. The van der Waals surface area contributed by atoms with Crippen LogP contribution in [0.3, 0.4) is 0 Å². The van der Waals surface area contributed by atoms with Crippen molar-refractivity contribution in [3.63, 3.8) is 0 Å². The third-order valence-corrected chi connectivity index (χ3v) is 2.87. The molecule has 0 radical (unpaired) electrons. The van der Waals surface area contributed by atoms with Gasteiger partial charge in [-0.2, -0.15) is 13.2 Å². The number of hydrogen-bond donors (Lipinski definition) is 0. The van der Waals surface area contributed by atoms with Crippen LogP contribution in [0.25, 0.3) is 11.9 Å². The minimum Gasteiger partial charge on any atom is -0.497 e. The molecule has 2 rings (SSSR count). The maximum absolute atomic E-state index is 14.0. The molecule has 110 valence electrons. The molecular weight excluding hydrogens is 284 g/mol. The Kier molecular flexibility index (Phi) is 4.31. The van der Waals surface area contributed by atoms with E-state index < -0.39 is 17.6 Å². The van der Waals surface area contributed by atoms with Gasteiger partial charge in [0.15, 0.2) is 0 Å². The molecule has 0 atom stereocenters. The molecule has 0 aliphatic rings. The van der Waals surface area contributed by atoms with Crippen LogP contribution in [0.2, 0.25) is 0 Å². The quantitative estimate of drug-likeness (QED) is 0.560. The average Bonchev–Trinajstić information content (AvgIpc) is 2.47. The second-order valence-corrected chi connectivity index (χ2v) is 4.34. The van der Waals surface area contributed by atoms with Crippen molar-refractivity contribution in [2.24, 2.45) is 0 Å². The predicted molar refractivity (Wildman–Crippen MR) is 73.4 cm³/mol. The van der Waals surface area contributed by atoms with Crippen molar-refractivity contribution in [3.8, 4) is 5.75 Å². The van der Waals surface area contributed by atoms with E-state index in [1.807, 2.05) is 0 Å². The molecule has 0 fully saturated rings. The van der Waals surface area contributed by atoms with Gasteiger partial charge in [-0.1, -0.05) is 24.3 Å². The van der Waals surface area contributed by atoms with Crippen LogP contribution in [0.15, 0.2) is 48.5 Å². The van der Waals surface area contributed by atoms with E-state index in [1.165, 1.54) is 25.3 Å². The minimum absolute atomic E-state index is 0.111. The maximum Gasteiger partial charge on any atom is 0.416 e. The van der Waals surface area contributed by atoms with Crippen molar-refractivity contribution in [3.05, 3.63) is 65.2 Å². The number of benzene rings is 2. The van der Waals surface area contributed by atoms with E-state index in [0.29, 0.717) is 11.3 Å². The van der Waals surface area contributed by atoms with E-state index >= 15 is 0 Å². The topological polar surface area (TPSA) is 9.23 Å². The van der Waals surface area contributed by atoms with Crippen LogP contribution in [0.5, 0.6) is 5.75 Å². The number of methoxy groups -OCH3 is 1. The molecule has 0 unspecified atom stereocenters. The van der Waals surface area contributed by atoms with E-state index in [4.69, 9.17) is 4.74 Å². The first-order valence-corrected chi connectivity index (χ1v) is 6.09. The van der Waals surface area contributed by atoms with Crippen molar-refractivity contribution in [2.75, 3.05) is 7.11 Å². The normalized spacial score (nSPS) is 12.3. The molecular formula is C16H12F4O. The molecule has 0 spiro atoms. The first-order valence-electron chi connectivity index (χ1n) is 6.09. The van der Waals surface area contributed by atoms with E-state index in [9.17, 15) is 17.6 Å². The molecule has 0 heterocycles. The van der Waals surface area contributed by atoms with E-state index in [2.05, 4.69) is 0 Å². The summed E-state index contributed by atoms with van der Waals surface area (Å²) in [6.07, 6.45) is -3.31. The summed E-state index contributed by atoms with van der Waals surface area (Å²) >= 11 is 0. The predicted octanol–water partition coefficient (Wildman–Crippen LogP) is 5.18. The Morgan fingerprint density at radius 2 is 1.71 bits per heavy atom. The van der Waals surface area contributed by atoms with Crippen LogP contribution in [-0.2, 0) is 6.18 Å². The molecule has 0 bridgehead atoms. The van der Waals surface area contributed by atoms with Crippen LogP contribution < -0.4 is 4.74 Å². The van der Waals surface area contributed by atoms with Gasteiger partial charge in [-0.3, -0.25) is 0 Å². The molecule has 0 saturated carbocycles. The van der Waals surface area contributed by atoms with Crippen molar-refractivity contribution in [1.82, 2.24) is 0 Å². The second-order valence-electron chi connectivity index (χ2n) is 4.34. The fourth-order valence-corrected chi connectivity index (χ4v) is 1.77. The van der Waals surface area contributed by atoms with Crippen molar-refractivity contribution >= 4 is 11.9 Å². The Morgan fingerprint density at radius 3 is 2.29 bits per heavy atom. The average molecular weight is 296 g/mol. The van der Waals surface area contributed by atoms with Gasteiger partial charge < -0.3 is 4.74 Å². The van der Waals surface area contributed by atoms with Gasteiger partial charge in [-0.15, -0.1) is 0 Å². The van der Waals surface area contributed by atoms with Gasteiger partial charge in [0.1, 0.15) is 11.6 Å². The summed E-state index contributed by atoms with van der Waals surface area (Å²) in [6.45, 7) is 0. The van der Waals surface area contributed by atoms with Gasteiger partial charge in [-0.05, 0) is 35.9 Å². The summed E-state index contributed by atoms with van der Waals surface area (Å²) in [6, 6.07) is 10.7. The van der Waals surface area contributed by atoms with Gasteiger partial charge in [-0.25, -0.2) is 4.39 Å². The van der Waals surface area contributed by atoms with Gasteiger partial charge in [0.25, 0.3) is 0 Å². The van der Waals surface area contributed by atoms with Crippen molar-refractivity contribution < 1.29 is 22.3 Å². The third kappa shape index (κ3) is 3.84. The summed E-state index contributed by atoms with van der Waals surface area (Å²) in [7, 11) is 1.51. The largest absolute Gasteiger partial charge is 0.497 e. The van der Waals surface area contributed by atoms with E-state index in [1.54, 1.807) is 24.3 Å². The maximum atomic E-state index is 14.0. The molecule has 21 heavy (non-hydrogen) atoms. The number of halogens is 4. The number of alkyl halides is 3. The summed E-state index contributed by atoms with van der Waals surface area (Å²) in [5, 5.41) is 0. The Morgan fingerprint density at radius 1 is 1.05 bits per heavy atom.